The lowest BCUT2D eigenvalue weighted by atomic mass is 10.0. The molecule has 0 aliphatic carbocycles. The zero-order valence-corrected chi connectivity index (χ0v) is 16.5. The van der Waals surface area contributed by atoms with Crippen molar-refractivity contribution < 1.29 is 9.53 Å². The van der Waals surface area contributed by atoms with Crippen molar-refractivity contribution in [1.29, 1.82) is 0 Å². The van der Waals surface area contributed by atoms with Crippen LogP contribution in [-0.4, -0.2) is 49.1 Å². The molecule has 5 nitrogen and oxygen atoms in total. The molecule has 1 saturated heterocycles. The lowest BCUT2D eigenvalue weighted by Gasteiger charge is -2.27. The molecule has 1 fully saturated rings. The molecule has 5 heteroatoms. The summed E-state index contributed by atoms with van der Waals surface area (Å²) in [5.74, 6) is 1.08. The van der Waals surface area contributed by atoms with E-state index in [1.807, 2.05) is 13.0 Å². The molecule has 0 saturated carbocycles. The molecule has 0 aromatic heterocycles. The quantitative estimate of drug-likeness (QED) is 0.795. The minimum atomic E-state index is -0.0313. The first kappa shape index (κ1) is 19.7. The molecular formula is C20H33N3O2. The van der Waals surface area contributed by atoms with Gasteiger partial charge in [-0.3, -0.25) is 9.69 Å². The summed E-state index contributed by atoms with van der Waals surface area (Å²) in [5, 5.41) is 6.63. The van der Waals surface area contributed by atoms with Crippen molar-refractivity contribution in [3.63, 3.8) is 0 Å². The van der Waals surface area contributed by atoms with Crippen LogP contribution in [-0.2, 0) is 11.3 Å². The summed E-state index contributed by atoms with van der Waals surface area (Å²) in [6.07, 6.45) is 0.859. The van der Waals surface area contributed by atoms with Gasteiger partial charge in [0.1, 0.15) is 5.75 Å². The molecule has 25 heavy (non-hydrogen) atoms. The van der Waals surface area contributed by atoms with Gasteiger partial charge in [0.05, 0.1) is 13.2 Å². The first-order valence-corrected chi connectivity index (χ1v) is 9.28. The van der Waals surface area contributed by atoms with E-state index >= 15 is 0 Å². The molecule has 2 atom stereocenters. The lowest BCUT2D eigenvalue weighted by Crippen LogP contribution is -2.46. The molecule has 2 N–H and O–H groups in total. The van der Waals surface area contributed by atoms with Crippen molar-refractivity contribution in [1.82, 2.24) is 15.5 Å². The van der Waals surface area contributed by atoms with E-state index in [0.717, 1.165) is 25.3 Å². The minimum Gasteiger partial charge on any atom is -0.496 e. The summed E-state index contributed by atoms with van der Waals surface area (Å²) in [6, 6.07) is 4.83. The topological polar surface area (TPSA) is 53.6 Å². The smallest absolute Gasteiger partial charge is 0.237 e. The molecule has 1 aromatic rings. The van der Waals surface area contributed by atoms with Crippen molar-refractivity contribution in [3.8, 4) is 5.75 Å². The highest BCUT2D eigenvalue weighted by atomic mass is 16.5. The van der Waals surface area contributed by atoms with Crippen LogP contribution in [0.4, 0.5) is 0 Å². The Morgan fingerprint density at radius 1 is 1.32 bits per heavy atom. The van der Waals surface area contributed by atoms with E-state index in [1.54, 1.807) is 7.11 Å². The van der Waals surface area contributed by atoms with Crippen molar-refractivity contribution in [2.24, 2.45) is 0 Å². The number of likely N-dealkylation sites (N-methyl/N-ethyl adjacent to an activating group) is 1. The Labute approximate surface area is 152 Å². The Balaban J connectivity index is 2.02. The summed E-state index contributed by atoms with van der Waals surface area (Å²) >= 11 is 0. The highest BCUT2D eigenvalue weighted by Crippen LogP contribution is 2.25. The van der Waals surface area contributed by atoms with Gasteiger partial charge in [0, 0.05) is 31.7 Å². The van der Waals surface area contributed by atoms with E-state index in [4.69, 9.17) is 4.74 Å². The summed E-state index contributed by atoms with van der Waals surface area (Å²) in [6.45, 7) is 12.9. The van der Waals surface area contributed by atoms with E-state index in [-0.39, 0.29) is 11.9 Å². The standard InChI is InChI=1S/C20H33N3O2/c1-7-21-20(24)18-10-17(12-23(18)13(2)3)22-11-16-8-9-19(25-6)15(5)14(16)4/h8-9,13,17-18,22H,7,10-12H2,1-6H3,(H,21,24)/t17-,18-/m0/s1. The van der Waals surface area contributed by atoms with Gasteiger partial charge in [-0.05, 0) is 63.8 Å². The molecule has 2 rings (SSSR count). The van der Waals surface area contributed by atoms with E-state index in [2.05, 4.69) is 49.3 Å². The second kappa shape index (κ2) is 8.68. The molecule has 1 aromatic carbocycles. The first-order valence-electron chi connectivity index (χ1n) is 9.28. The monoisotopic (exact) mass is 347 g/mol. The average Bonchev–Trinajstić information content (AvgIpc) is 3.01. The summed E-state index contributed by atoms with van der Waals surface area (Å²) in [7, 11) is 1.71. The molecular weight excluding hydrogens is 314 g/mol. The van der Waals surface area contributed by atoms with Gasteiger partial charge in [0.15, 0.2) is 0 Å². The van der Waals surface area contributed by atoms with Gasteiger partial charge in [0.2, 0.25) is 5.91 Å². The number of rotatable bonds is 7. The van der Waals surface area contributed by atoms with Crippen LogP contribution in [0.25, 0.3) is 0 Å². The molecule has 0 spiro atoms. The fourth-order valence-electron chi connectivity index (χ4n) is 3.65. The van der Waals surface area contributed by atoms with Crippen LogP contribution >= 0.6 is 0 Å². The zero-order chi connectivity index (χ0) is 18.6. The number of hydrogen-bond acceptors (Lipinski definition) is 4. The van der Waals surface area contributed by atoms with Crippen LogP contribution < -0.4 is 15.4 Å². The highest BCUT2D eigenvalue weighted by molar-refractivity contribution is 5.82. The van der Waals surface area contributed by atoms with Crippen LogP contribution in [0.5, 0.6) is 5.75 Å². The molecule has 1 aliphatic rings. The Morgan fingerprint density at radius 2 is 2.04 bits per heavy atom. The maximum Gasteiger partial charge on any atom is 0.237 e. The van der Waals surface area contributed by atoms with Crippen LogP contribution in [0.15, 0.2) is 12.1 Å². The normalized spacial score (nSPS) is 20.9. The minimum absolute atomic E-state index is 0.0313. The molecule has 0 bridgehead atoms. The maximum atomic E-state index is 12.4. The van der Waals surface area contributed by atoms with Gasteiger partial charge in [-0.1, -0.05) is 6.07 Å². The van der Waals surface area contributed by atoms with Gasteiger partial charge in [0.25, 0.3) is 0 Å². The summed E-state index contributed by atoms with van der Waals surface area (Å²) < 4.78 is 5.39. The van der Waals surface area contributed by atoms with Crippen molar-refractivity contribution in [2.75, 3.05) is 20.2 Å². The third-order valence-corrected chi connectivity index (χ3v) is 5.31. The Bertz CT molecular complexity index is 601. The molecule has 1 aliphatic heterocycles. The average molecular weight is 348 g/mol. The fourth-order valence-corrected chi connectivity index (χ4v) is 3.65. The predicted molar refractivity (Wildman–Crippen MR) is 102 cm³/mol. The van der Waals surface area contributed by atoms with Crippen LogP contribution in [0, 0.1) is 13.8 Å². The molecule has 140 valence electrons. The van der Waals surface area contributed by atoms with Crippen molar-refractivity contribution in [3.05, 3.63) is 28.8 Å². The van der Waals surface area contributed by atoms with E-state index in [1.165, 1.54) is 16.7 Å². The molecule has 1 heterocycles. The maximum absolute atomic E-state index is 12.4. The summed E-state index contributed by atoms with van der Waals surface area (Å²) in [4.78, 5) is 14.7. The van der Waals surface area contributed by atoms with E-state index in [9.17, 15) is 4.79 Å². The Kier molecular flexibility index (Phi) is 6.85. The van der Waals surface area contributed by atoms with Crippen LogP contribution in [0.2, 0.25) is 0 Å². The first-order chi connectivity index (χ1) is 11.9. The second-order valence-corrected chi connectivity index (χ2v) is 7.19. The highest BCUT2D eigenvalue weighted by Gasteiger charge is 2.37. The zero-order valence-electron chi connectivity index (χ0n) is 16.5. The Hall–Kier alpha value is -1.59. The number of hydrogen-bond donors (Lipinski definition) is 2. The molecule has 0 radical (unpaired) electrons. The Morgan fingerprint density at radius 3 is 2.64 bits per heavy atom. The number of benzene rings is 1. The number of carbonyl (C=O) groups is 1. The van der Waals surface area contributed by atoms with Crippen molar-refractivity contribution >= 4 is 5.91 Å². The van der Waals surface area contributed by atoms with Gasteiger partial charge < -0.3 is 15.4 Å². The largest absolute Gasteiger partial charge is 0.496 e. The van der Waals surface area contributed by atoms with Gasteiger partial charge >= 0.3 is 0 Å². The fraction of sp³-hybridized carbons (Fsp3) is 0.650. The number of amides is 1. The number of nitrogens with zero attached hydrogens (tertiary/aromatic N) is 1. The third kappa shape index (κ3) is 4.53. The third-order valence-electron chi connectivity index (χ3n) is 5.31. The number of nitrogens with one attached hydrogen (secondary N) is 2. The van der Waals surface area contributed by atoms with Crippen LogP contribution in [0.3, 0.4) is 0 Å². The number of likely N-dealkylation sites (tertiary alicyclic amines) is 1. The molecule has 1 amide bonds. The number of carbonyl (C=O) groups excluding carboxylic acids is 1. The number of ether oxygens (including phenoxy) is 1. The summed E-state index contributed by atoms with van der Waals surface area (Å²) in [5.41, 5.74) is 3.75. The van der Waals surface area contributed by atoms with Crippen molar-refractivity contribution in [2.45, 2.75) is 65.7 Å². The lowest BCUT2D eigenvalue weighted by molar-refractivity contribution is -0.125. The second-order valence-electron chi connectivity index (χ2n) is 7.19. The predicted octanol–water partition coefficient (Wildman–Crippen LogP) is 2.39. The van der Waals surface area contributed by atoms with E-state index < -0.39 is 0 Å². The van der Waals surface area contributed by atoms with Crippen LogP contribution in [0.1, 0.15) is 43.9 Å². The van der Waals surface area contributed by atoms with E-state index in [0.29, 0.717) is 18.6 Å². The number of methoxy groups -OCH3 is 1. The van der Waals surface area contributed by atoms with Gasteiger partial charge in [-0.15, -0.1) is 0 Å². The van der Waals surface area contributed by atoms with Gasteiger partial charge in [-0.25, -0.2) is 0 Å². The van der Waals surface area contributed by atoms with Gasteiger partial charge in [-0.2, -0.15) is 0 Å². The SMILES string of the molecule is CCNC(=O)[C@@H]1C[C@H](NCc2ccc(OC)c(C)c2C)CN1C(C)C. The molecule has 0 unspecified atom stereocenters.